The minimum Gasteiger partial charge on any atom is -0.0952 e. The van der Waals surface area contributed by atoms with Gasteiger partial charge in [-0.05, 0) is 42.6 Å². The lowest BCUT2D eigenvalue weighted by molar-refractivity contribution is 0.257. The van der Waals surface area contributed by atoms with Gasteiger partial charge in [0.25, 0.3) is 0 Å². The molecule has 0 bridgehead atoms. The lowest BCUT2D eigenvalue weighted by Gasteiger charge is -2.28. The lowest BCUT2D eigenvalue weighted by atomic mass is 9.76. The molecule has 0 aromatic rings. The van der Waals surface area contributed by atoms with Crippen LogP contribution in [0.5, 0.6) is 0 Å². The fourth-order valence-corrected chi connectivity index (χ4v) is 4.99. The summed E-state index contributed by atoms with van der Waals surface area (Å²) in [7, 11) is 0. The van der Waals surface area contributed by atoms with Crippen molar-refractivity contribution in [2.75, 3.05) is 0 Å². The largest absolute Gasteiger partial charge is 0.0952 e. The predicted molar refractivity (Wildman–Crippen MR) is 78.0 cm³/mol. The van der Waals surface area contributed by atoms with E-state index >= 15 is 0 Å². The molecule has 0 N–H and O–H groups in total. The summed E-state index contributed by atoms with van der Waals surface area (Å²) in [5, 5.41) is 0. The van der Waals surface area contributed by atoms with Crippen molar-refractivity contribution in [1.29, 1.82) is 0 Å². The lowest BCUT2D eigenvalue weighted by Crippen LogP contribution is -2.20. The highest BCUT2D eigenvalue weighted by atomic mass is 14.8. The van der Waals surface area contributed by atoms with Crippen molar-refractivity contribution in [2.24, 2.45) is 22.7 Å². The molecule has 0 amide bonds. The first-order chi connectivity index (χ1) is 7.99. The Morgan fingerprint density at radius 1 is 1.24 bits per heavy atom. The molecule has 0 aliphatic heterocycles. The highest BCUT2D eigenvalue weighted by Crippen LogP contribution is 2.79. The second-order valence-corrected chi connectivity index (χ2v) is 5.86. The third-order valence-corrected chi connectivity index (χ3v) is 5.49. The van der Waals surface area contributed by atoms with Gasteiger partial charge in [-0.3, -0.25) is 0 Å². The third kappa shape index (κ3) is 1.63. The van der Waals surface area contributed by atoms with Gasteiger partial charge in [-0.2, -0.15) is 0 Å². The molecule has 98 valence electrons. The Balaban J connectivity index is 3.20. The molecule has 3 atom stereocenters. The van der Waals surface area contributed by atoms with Crippen molar-refractivity contribution >= 4 is 0 Å². The molecular formula is C17H30. The van der Waals surface area contributed by atoms with Gasteiger partial charge in [0.2, 0.25) is 0 Å². The van der Waals surface area contributed by atoms with Gasteiger partial charge in [-0.15, -0.1) is 0 Å². The van der Waals surface area contributed by atoms with E-state index in [9.17, 15) is 0 Å². The van der Waals surface area contributed by atoms with Crippen LogP contribution in [0.4, 0.5) is 0 Å². The van der Waals surface area contributed by atoms with E-state index in [1.54, 1.807) is 0 Å². The van der Waals surface area contributed by atoms with E-state index in [4.69, 9.17) is 0 Å². The Morgan fingerprint density at radius 2 is 1.82 bits per heavy atom. The molecule has 0 heteroatoms. The molecule has 1 saturated carbocycles. The molecule has 0 spiro atoms. The van der Waals surface area contributed by atoms with Gasteiger partial charge in [0.05, 0.1) is 0 Å². The Hall–Kier alpha value is -0.520. The molecule has 0 saturated heterocycles. The van der Waals surface area contributed by atoms with Gasteiger partial charge in [0.15, 0.2) is 0 Å². The summed E-state index contributed by atoms with van der Waals surface area (Å²) in [6, 6.07) is 0. The maximum Gasteiger partial charge on any atom is 0.00399 e. The Morgan fingerprint density at radius 3 is 2.06 bits per heavy atom. The molecule has 1 aliphatic carbocycles. The maximum absolute atomic E-state index is 4.39. The summed E-state index contributed by atoms with van der Waals surface area (Å²) >= 11 is 0. The van der Waals surface area contributed by atoms with E-state index < -0.39 is 0 Å². The van der Waals surface area contributed by atoms with E-state index in [1.165, 1.54) is 24.8 Å². The summed E-state index contributed by atoms with van der Waals surface area (Å²) in [5.74, 6) is 1.58. The first kappa shape index (κ1) is 14.5. The van der Waals surface area contributed by atoms with E-state index in [-0.39, 0.29) is 0 Å². The van der Waals surface area contributed by atoms with Gasteiger partial charge in [-0.25, -0.2) is 0 Å². The summed E-state index contributed by atoms with van der Waals surface area (Å²) in [6.07, 6.45) is 8.20. The standard InChI is InChI=1S/C17H30/c1-8-12-14(7)17(11-4)15(9-2)16(17,10-3)13(5)6/h8,12-13,15H,7,9-11H2,1-6H3. The molecule has 3 unspecified atom stereocenters. The fourth-order valence-electron chi connectivity index (χ4n) is 4.99. The average Bonchev–Trinajstić information content (AvgIpc) is 2.93. The zero-order valence-electron chi connectivity index (χ0n) is 12.6. The SMILES string of the molecule is C=C(C=CC)C1(CC)C(CC)C1(CC)C(C)C. The maximum atomic E-state index is 4.39. The molecule has 0 heterocycles. The highest BCUT2D eigenvalue weighted by molar-refractivity contribution is 5.39. The molecule has 0 aromatic carbocycles. The van der Waals surface area contributed by atoms with Crippen LogP contribution in [0.25, 0.3) is 0 Å². The zero-order chi connectivity index (χ0) is 13.3. The molecule has 1 rings (SSSR count). The van der Waals surface area contributed by atoms with Gasteiger partial charge >= 0.3 is 0 Å². The number of hydrogen-bond acceptors (Lipinski definition) is 0. The van der Waals surface area contributed by atoms with Crippen LogP contribution >= 0.6 is 0 Å². The van der Waals surface area contributed by atoms with Crippen LogP contribution in [-0.2, 0) is 0 Å². The van der Waals surface area contributed by atoms with Crippen LogP contribution in [0.3, 0.4) is 0 Å². The van der Waals surface area contributed by atoms with Crippen LogP contribution in [0.1, 0.15) is 60.8 Å². The minimum absolute atomic E-state index is 0.372. The van der Waals surface area contributed by atoms with Gasteiger partial charge < -0.3 is 0 Å². The summed E-state index contributed by atoms with van der Waals surface area (Å²) < 4.78 is 0. The highest BCUT2D eigenvalue weighted by Gasteiger charge is 2.74. The van der Waals surface area contributed by atoms with E-state index in [2.05, 4.69) is 60.3 Å². The molecule has 1 fully saturated rings. The van der Waals surface area contributed by atoms with Crippen LogP contribution < -0.4 is 0 Å². The summed E-state index contributed by atoms with van der Waals surface area (Å²) in [6.45, 7) is 18.3. The van der Waals surface area contributed by atoms with Gasteiger partial charge in [0.1, 0.15) is 0 Å². The van der Waals surface area contributed by atoms with Crippen molar-refractivity contribution in [2.45, 2.75) is 60.8 Å². The van der Waals surface area contributed by atoms with Crippen molar-refractivity contribution in [3.63, 3.8) is 0 Å². The molecule has 0 radical (unpaired) electrons. The molecule has 0 nitrogen and oxygen atoms in total. The van der Waals surface area contributed by atoms with E-state index in [0.29, 0.717) is 10.8 Å². The van der Waals surface area contributed by atoms with Crippen molar-refractivity contribution in [3.05, 3.63) is 24.3 Å². The topological polar surface area (TPSA) is 0 Å². The first-order valence-corrected chi connectivity index (χ1v) is 7.31. The third-order valence-electron chi connectivity index (χ3n) is 5.49. The van der Waals surface area contributed by atoms with Crippen LogP contribution in [0.15, 0.2) is 24.3 Å². The van der Waals surface area contributed by atoms with Crippen molar-refractivity contribution < 1.29 is 0 Å². The summed E-state index contributed by atoms with van der Waals surface area (Å²) in [5.41, 5.74) is 2.23. The fraction of sp³-hybridized carbons (Fsp3) is 0.765. The second kappa shape index (κ2) is 5.00. The minimum atomic E-state index is 0.372. The van der Waals surface area contributed by atoms with Crippen molar-refractivity contribution in [3.8, 4) is 0 Å². The second-order valence-electron chi connectivity index (χ2n) is 5.86. The van der Waals surface area contributed by atoms with Crippen LogP contribution in [0, 0.1) is 22.7 Å². The first-order valence-electron chi connectivity index (χ1n) is 7.31. The Bertz CT molecular complexity index is 310. The summed E-state index contributed by atoms with van der Waals surface area (Å²) in [4.78, 5) is 0. The van der Waals surface area contributed by atoms with E-state index in [1.807, 2.05) is 0 Å². The number of rotatable bonds is 6. The normalized spacial score (nSPS) is 36.8. The Labute approximate surface area is 108 Å². The smallest absolute Gasteiger partial charge is 0.00399 e. The van der Waals surface area contributed by atoms with Crippen molar-refractivity contribution in [1.82, 2.24) is 0 Å². The van der Waals surface area contributed by atoms with Crippen LogP contribution in [0.2, 0.25) is 0 Å². The monoisotopic (exact) mass is 234 g/mol. The molecular weight excluding hydrogens is 204 g/mol. The van der Waals surface area contributed by atoms with Crippen LogP contribution in [-0.4, -0.2) is 0 Å². The average molecular weight is 234 g/mol. The molecule has 1 aliphatic rings. The number of hydrogen-bond donors (Lipinski definition) is 0. The van der Waals surface area contributed by atoms with E-state index in [0.717, 1.165) is 11.8 Å². The Kier molecular flexibility index (Phi) is 4.28. The van der Waals surface area contributed by atoms with Gasteiger partial charge in [0, 0.05) is 5.41 Å². The van der Waals surface area contributed by atoms with Gasteiger partial charge in [-0.1, -0.05) is 59.8 Å². The number of allylic oxidation sites excluding steroid dienone is 3. The predicted octanol–water partition coefficient (Wildman–Crippen LogP) is 5.61. The quantitative estimate of drug-likeness (QED) is 0.524. The molecule has 0 aromatic heterocycles. The molecule has 17 heavy (non-hydrogen) atoms. The zero-order valence-corrected chi connectivity index (χ0v) is 12.6.